The molecule has 0 aliphatic carbocycles. The Morgan fingerprint density at radius 2 is 2.00 bits per heavy atom. The zero-order valence-electron chi connectivity index (χ0n) is 8.66. The average Bonchev–Trinajstić information content (AvgIpc) is 2.12. The molecule has 0 unspecified atom stereocenters. The van der Waals surface area contributed by atoms with Gasteiger partial charge in [0, 0.05) is 0 Å². The number of hydrogen-bond acceptors (Lipinski definition) is 3. The zero-order valence-corrected chi connectivity index (χ0v) is 9.48. The van der Waals surface area contributed by atoms with Crippen LogP contribution in [0.2, 0.25) is 0 Å². The van der Waals surface area contributed by atoms with E-state index < -0.39 is 9.84 Å². The summed E-state index contributed by atoms with van der Waals surface area (Å²) in [7, 11) is -2.75. The number of sulfone groups is 1. The summed E-state index contributed by atoms with van der Waals surface area (Å²) in [4.78, 5) is 0. The number of ether oxygens (including phenoxy) is 1. The van der Waals surface area contributed by atoms with Gasteiger partial charge in [-0.2, -0.15) is 0 Å². The lowest BCUT2D eigenvalue weighted by Crippen LogP contribution is -2.32. The monoisotopic (exact) mass is 218 g/mol. The van der Waals surface area contributed by atoms with Gasteiger partial charge in [-0.1, -0.05) is 13.5 Å². The second-order valence-electron chi connectivity index (χ2n) is 4.25. The van der Waals surface area contributed by atoms with Crippen molar-refractivity contribution in [3.05, 3.63) is 12.8 Å². The van der Waals surface area contributed by atoms with Crippen molar-refractivity contribution in [1.29, 1.82) is 0 Å². The summed E-state index contributed by atoms with van der Waals surface area (Å²) in [5.74, 6) is 0.662. The highest BCUT2D eigenvalue weighted by Gasteiger charge is 2.32. The maximum absolute atomic E-state index is 11.2. The van der Waals surface area contributed by atoms with Gasteiger partial charge in [0.05, 0.1) is 24.4 Å². The fourth-order valence-corrected chi connectivity index (χ4v) is 3.48. The van der Waals surface area contributed by atoms with Crippen LogP contribution in [-0.4, -0.2) is 26.5 Å². The SMILES string of the molecule is C=COCCC1(C)CCS(=O)(=O)CC1. The fourth-order valence-electron chi connectivity index (χ4n) is 1.67. The van der Waals surface area contributed by atoms with E-state index in [0.29, 0.717) is 18.1 Å². The summed E-state index contributed by atoms with van der Waals surface area (Å²) in [5, 5.41) is 0. The zero-order chi connectivity index (χ0) is 10.7. The van der Waals surface area contributed by atoms with Gasteiger partial charge in [-0.05, 0) is 24.7 Å². The highest BCUT2D eigenvalue weighted by atomic mass is 32.2. The van der Waals surface area contributed by atoms with Gasteiger partial charge in [0.25, 0.3) is 0 Å². The second-order valence-corrected chi connectivity index (χ2v) is 6.55. The van der Waals surface area contributed by atoms with Crippen LogP contribution < -0.4 is 0 Å². The van der Waals surface area contributed by atoms with Crippen LogP contribution in [-0.2, 0) is 14.6 Å². The Balaban J connectivity index is 2.41. The standard InChI is InChI=1S/C10H18O3S/c1-3-13-7-4-10(2)5-8-14(11,12)9-6-10/h3H,1,4-9H2,2H3. The molecule has 1 saturated heterocycles. The van der Waals surface area contributed by atoms with E-state index >= 15 is 0 Å². The van der Waals surface area contributed by atoms with Crippen LogP contribution in [0.15, 0.2) is 12.8 Å². The molecule has 82 valence electrons. The van der Waals surface area contributed by atoms with E-state index in [9.17, 15) is 8.42 Å². The minimum absolute atomic E-state index is 0.133. The van der Waals surface area contributed by atoms with Gasteiger partial charge < -0.3 is 4.74 Å². The first-order chi connectivity index (χ1) is 6.47. The van der Waals surface area contributed by atoms with Gasteiger partial charge in [-0.3, -0.25) is 0 Å². The predicted molar refractivity (Wildman–Crippen MR) is 56.8 cm³/mol. The molecule has 0 radical (unpaired) electrons. The number of hydrogen-bond donors (Lipinski definition) is 0. The van der Waals surface area contributed by atoms with Gasteiger partial charge in [0.2, 0.25) is 0 Å². The van der Waals surface area contributed by atoms with Crippen molar-refractivity contribution in [2.24, 2.45) is 5.41 Å². The summed E-state index contributed by atoms with van der Waals surface area (Å²) in [6, 6.07) is 0. The molecule has 0 N–H and O–H groups in total. The molecule has 0 aromatic carbocycles. The lowest BCUT2D eigenvalue weighted by atomic mass is 9.81. The Morgan fingerprint density at radius 3 is 2.50 bits per heavy atom. The predicted octanol–water partition coefficient (Wildman–Crippen LogP) is 1.75. The van der Waals surface area contributed by atoms with Crippen molar-refractivity contribution in [2.45, 2.75) is 26.2 Å². The molecule has 0 atom stereocenters. The van der Waals surface area contributed by atoms with Crippen molar-refractivity contribution in [3.8, 4) is 0 Å². The van der Waals surface area contributed by atoms with Crippen molar-refractivity contribution in [3.63, 3.8) is 0 Å². The van der Waals surface area contributed by atoms with Gasteiger partial charge in [0.1, 0.15) is 9.84 Å². The fraction of sp³-hybridized carbons (Fsp3) is 0.800. The summed E-state index contributed by atoms with van der Waals surface area (Å²) in [6.07, 6.45) is 3.86. The van der Waals surface area contributed by atoms with Gasteiger partial charge in [-0.15, -0.1) is 0 Å². The molecule has 14 heavy (non-hydrogen) atoms. The van der Waals surface area contributed by atoms with E-state index in [0.717, 1.165) is 19.3 Å². The molecule has 1 rings (SSSR count). The maximum atomic E-state index is 11.2. The third kappa shape index (κ3) is 3.33. The van der Waals surface area contributed by atoms with Crippen molar-refractivity contribution in [1.82, 2.24) is 0 Å². The van der Waals surface area contributed by atoms with E-state index in [1.165, 1.54) is 6.26 Å². The minimum Gasteiger partial charge on any atom is -0.502 e. The average molecular weight is 218 g/mol. The molecular weight excluding hydrogens is 200 g/mol. The molecule has 1 fully saturated rings. The van der Waals surface area contributed by atoms with E-state index in [2.05, 4.69) is 13.5 Å². The second kappa shape index (κ2) is 4.34. The summed E-state index contributed by atoms with van der Waals surface area (Å²) in [6.45, 7) is 6.24. The summed E-state index contributed by atoms with van der Waals surface area (Å²) in [5.41, 5.74) is 0.133. The molecule has 4 heteroatoms. The Labute approximate surface area is 86.1 Å². The van der Waals surface area contributed by atoms with E-state index in [1.807, 2.05) is 0 Å². The van der Waals surface area contributed by atoms with Crippen LogP contribution in [0, 0.1) is 5.41 Å². The molecule has 1 heterocycles. The lowest BCUT2D eigenvalue weighted by Gasteiger charge is -2.33. The molecule has 1 aliphatic rings. The quantitative estimate of drug-likeness (QED) is 0.533. The van der Waals surface area contributed by atoms with Crippen molar-refractivity contribution < 1.29 is 13.2 Å². The molecule has 3 nitrogen and oxygen atoms in total. The van der Waals surface area contributed by atoms with Crippen LogP contribution in [0.1, 0.15) is 26.2 Å². The molecule has 0 saturated carbocycles. The van der Waals surface area contributed by atoms with Crippen LogP contribution in [0.4, 0.5) is 0 Å². The van der Waals surface area contributed by atoms with E-state index in [-0.39, 0.29) is 5.41 Å². The number of rotatable bonds is 4. The third-order valence-corrected chi connectivity index (χ3v) is 4.63. The van der Waals surface area contributed by atoms with Crippen LogP contribution >= 0.6 is 0 Å². The molecule has 0 bridgehead atoms. The first-order valence-electron chi connectivity index (χ1n) is 4.90. The molecule has 0 aromatic rings. The molecule has 0 aromatic heterocycles. The third-order valence-electron chi connectivity index (χ3n) is 2.97. The largest absolute Gasteiger partial charge is 0.502 e. The highest BCUT2D eigenvalue weighted by Crippen LogP contribution is 2.35. The van der Waals surface area contributed by atoms with E-state index in [1.54, 1.807) is 0 Å². The van der Waals surface area contributed by atoms with E-state index in [4.69, 9.17) is 4.74 Å². The van der Waals surface area contributed by atoms with Crippen molar-refractivity contribution >= 4 is 9.84 Å². The smallest absolute Gasteiger partial charge is 0.150 e. The first kappa shape index (κ1) is 11.6. The van der Waals surface area contributed by atoms with Crippen LogP contribution in [0.5, 0.6) is 0 Å². The maximum Gasteiger partial charge on any atom is 0.150 e. The van der Waals surface area contributed by atoms with Crippen LogP contribution in [0.25, 0.3) is 0 Å². The van der Waals surface area contributed by atoms with Gasteiger partial charge in [-0.25, -0.2) is 8.42 Å². The first-order valence-corrected chi connectivity index (χ1v) is 6.73. The molecule has 1 aliphatic heterocycles. The minimum atomic E-state index is -2.75. The Bertz CT molecular complexity index is 278. The molecular formula is C10H18O3S. The summed E-state index contributed by atoms with van der Waals surface area (Å²) < 4.78 is 27.5. The Hall–Kier alpha value is -0.510. The Morgan fingerprint density at radius 1 is 1.43 bits per heavy atom. The normalized spacial score (nSPS) is 24.1. The topological polar surface area (TPSA) is 43.4 Å². The molecule has 0 spiro atoms. The van der Waals surface area contributed by atoms with Crippen molar-refractivity contribution in [2.75, 3.05) is 18.1 Å². The van der Waals surface area contributed by atoms with Gasteiger partial charge in [0.15, 0.2) is 0 Å². The van der Waals surface area contributed by atoms with Crippen LogP contribution in [0.3, 0.4) is 0 Å². The highest BCUT2D eigenvalue weighted by molar-refractivity contribution is 7.91. The lowest BCUT2D eigenvalue weighted by molar-refractivity contribution is 0.166. The summed E-state index contributed by atoms with van der Waals surface area (Å²) >= 11 is 0. The van der Waals surface area contributed by atoms with Gasteiger partial charge >= 0.3 is 0 Å². The Kier molecular flexibility index (Phi) is 3.59. The molecule has 0 amide bonds.